The van der Waals surface area contributed by atoms with Crippen LogP contribution in [0.25, 0.3) is 0 Å². The molecule has 1 atom stereocenters. The maximum atomic E-state index is 9.50. The first kappa shape index (κ1) is 13.8. The summed E-state index contributed by atoms with van der Waals surface area (Å²) in [7, 11) is 1.69. The first-order chi connectivity index (χ1) is 8.65. The van der Waals surface area contributed by atoms with E-state index in [4.69, 9.17) is 9.84 Å². The Labute approximate surface area is 115 Å². The molecule has 1 aromatic rings. The fraction of sp³-hybridized carbons (Fsp3) is 0.538. The summed E-state index contributed by atoms with van der Waals surface area (Å²) < 4.78 is 6.45. The minimum atomic E-state index is -0.670. The zero-order valence-corrected chi connectivity index (χ0v) is 12.0. The van der Waals surface area contributed by atoms with Gasteiger partial charge in [0.05, 0.1) is 19.8 Å². The lowest BCUT2D eigenvalue weighted by Crippen LogP contribution is -2.38. The van der Waals surface area contributed by atoms with E-state index in [0.717, 1.165) is 29.7 Å². The smallest absolute Gasteiger partial charge is 0.122 e. The van der Waals surface area contributed by atoms with Gasteiger partial charge in [0.15, 0.2) is 0 Å². The lowest BCUT2D eigenvalue weighted by Gasteiger charge is -2.31. The minimum Gasteiger partial charge on any atom is -0.496 e. The molecule has 0 amide bonds. The highest BCUT2D eigenvalue weighted by atomic mass is 79.9. The Kier molecular flexibility index (Phi) is 4.61. The van der Waals surface area contributed by atoms with Crippen molar-refractivity contribution < 1.29 is 14.9 Å². The largest absolute Gasteiger partial charge is 0.496 e. The van der Waals surface area contributed by atoms with E-state index >= 15 is 0 Å². The number of β-amino-alcohol motifs (C(OH)–C–C–N with tert-alkyl or cyclic N) is 1. The van der Waals surface area contributed by atoms with Crippen molar-refractivity contribution in [1.29, 1.82) is 0 Å². The van der Waals surface area contributed by atoms with Crippen molar-refractivity contribution in [3.63, 3.8) is 0 Å². The quantitative estimate of drug-likeness (QED) is 0.876. The molecule has 4 nitrogen and oxygen atoms in total. The molecule has 2 N–H and O–H groups in total. The fourth-order valence-corrected chi connectivity index (χ4v) is 2.86. The van der Waals surface area contributed by atoms with Crippen molar-refractivity contribution >= 4 is 15.9 Å². The summed E-state index contributed by atoms with van der Waals surface area (Å²) in [6.07, 6.45) is 0.228. The van der Waals surface area contributed by atoms with Crippen molar-refractivity contribution in [1.82, 2.24) is 4.90 Å². The number of ether oxygens (including phenoxy) is 1. The molecule has 1 heterocycles. The molecule has 0 saturated carbocycles. The molecule has 5 heteroatoms. The Hall–Kier alpha value is -0.620. The average Bonchev–Trinajstić information content (AvgIpc) is 2.39. The number of rotatable bonds is 4. The molecule has 1 aliphatic rings. The first-order valence-corrected chi connectivity index (χ1v) is 6.80. The summed E-state index contributed by atoms with van der Waals surface area (Å²) in [5, 5.41) is 18.4. The van der Waals surface area contributed by atoms with Crippen LogP contribution in [0.5, 0.6) is 5.75 Å². The number of methoxy groups -OCH3 is 1. The fourth-order valence-electron chi connectivity index (χ4n) is 2.36. The molecule has 0 saturated heterocycles. The van der Waals surface area contributed by atoms with Gasteiger partial charge in [-0.25, -0.2) is 0 Å². The van der Waals surface area contributed by atoms with Gasteiger partial charge in [0, 0.05) is 29.7 Å². The highest BCUT2D eigenvalue weighted by molar-refractivity contribution is 9.10. The maximum Gasteiger partial charge on any atom is 0.122 e. The molecule has 0 bridgehead atoms. The highest BCUT2D eigenvalue weighted by Crippen LogP contribution is 2.33. The van der Waals surface area contributed by atoms with Crippen LogP contribution < -0.4 is 4.74 Å². The van der Waals surface area contributed by atoms with Gasteiger partial charge in [-0.3, -0.25) is 4.90 Å². The van der Waals surface area contributed by atoms with Crippen LogP contribution in [0.4, 0.5) is 0 Å². The Balaban J connectivity index is 2.18. The van der Waals surface area contributed by atoms with Crippen LogP contribution in [0.1, 0.15) is 11.1 Å². The number of hydrogen-bond donors (Lipinski definition) is 2. The van der Waals surface area contributed by atoms with Gasteiger partial charge in [-0.2, -0.15) is 0 Å². The predicted molar refractivity (Wildman–Crippen MR) is 72.8 cm³/mol. The van der Waals surface area contributed by atoms with Gasteiger partial charge < -0.3 is 14.9 Å². The standard InChI is InChI=1S/C13H18BrNO3/c1-18-13-3-2-12(14)11-7-15(5-4-10(11)13)6-9(17)8-16/h2-3,9,16-17H,4-8H2,1H3. The lowest BCUT2D eigenvalue weighted by atomic mass is 9.98. The maximum absolute atomic E-state index is 9.50. The van der Waals surface area contributed by atoms with E-state index in [9.17, 15) is 5.11 Å². The summed E-state index contributed by atoms with van der Waals surface area (Å²) in [4.78, 5) is 2.15. The van der Waals surface area contributed by atoms with E-state index in [2.05, 4.69) is 20.8 Å². The van der Waals surface area contributed by atoms with E-state index < -0.39 is 6.10 Å². The number of benzene rings is 1. The van der Waals surface area contributed by atoms with E-state index in [1.807, 2.05) is 12.1 Å². The molecule has 1 unspecified atom stereocenters. The van der Waals surface area contributed by atoms with Gasteiger partial charge in [-0.1, -0.05) is 15.9 Å². The normalized spacial score (nSPS) is 17.3. The van der Waals surface area contributed by atoms with Crippen molar-refractivity contribution in [3.05, 3.63) is 27.7 Å². The molecule has 1 aliphatic heterocycles. The average molecular weight is 316 g/mol. The van der Waals surface area contributed by atoms with Crippen LogP contribution in [0, 0.1) is 0 Å². The van der Waals surface area contributed by atoms with Crippen LogP contribution in [-0.2, 0) is 13.0 Å². The summed E-state index contributed by atoms with van der Waals surface area (Å²) in [5.41, 5.74) is 2.45. The number of fused-ring (bicyclic) bond motifs is 1. The van der Waals surface area contributed by atoms with Crippen molar-refractivity contribution in [2.75, 3.05) is 26.8 Å². The van der Waals surface area contributed by atoms with Crippen molar-refractivity contribution in [2.24, 2.45) is 0 Å². The van der Waals surface area contributed by atoms with E-state index in [1.165, 1.54) is 11.1 Å². The van der Waals surface area contributed by atoms with E-state index in [1.54, 1.807) is 7.11 Å². The van der Waals surface area contributed by atoms with Crippen LogP contribution in [0.2, 0.25) is 0 Å². The molecule has 18 heavy (non-hydrogen) atoms. The van der Waals surface area contributed by atoms with Crippen LogP contribution >= 0.6 is 15.9 Å². The Morgan fingerprint density at radius 1 is 1.44 bits per heavy atom. The summed E-state index contributed by atoms with van der Waals surface area (Å²) in [5.74, 6) is 0.926. The van der Waals surface area contributed by atoms with Gasteiger partial charge >= 0.3 is 0 Å². The van der Waals surface area contributed by atoms with Gasteiger partial charge in [0.2, 0.25) is 0 Å². The Morgan fingerprint density at radius 2 is 2.22 bits per heavy atom. The zero-order chi connectivity index (χ0) is 13.1. The Bertz CT molecular complexity index is 425. The van der Waals surface area contributed by atoms with Gasteiger partial charge in [0.25, 0.3) is 0 Å². The number of hydrogen-bond acceptors (Lipinski definition) is 4. The second kappa shape index (κ2) is 6.02. The summed E-state index contributed by atoms with van der Waals surface area (Å²) >= 11 is 3.56. The van der Waals surface area contributed by atoms with Crippen LogP contribution in [0.3, 0.4) is 0 Å². The minimum absolute atomic E-state index is 0.192. The molecule has 100 valence electrons. The van der Waals surface area contributed by atoms with Gasteiger partial charge in [0.1, 0.15) is 5.75 Å². The monoisotopic (exact) mass is 315 g/mol. The summed E-state index contributed by atoms with van der Waals surface area (Å²) in [6, 6.07) is 3.96. The third-order valence-corrected chi connectivity index (χ3v) is 4.03. The SMILES string of the molecule is COc1ccc(Br)c2c1CCN(CC(O)CO)C2. The first-order valence-electron chi connectivity index (χ1n) is 6.01. The molecule has 0 fully saturated rings. The number of aliphatic hydroxyl groups excluding tert-OH is 2. The number of halogens is 1. The topological polar surface area (TPSA) is 52.9 Å². The molecule has 1 aromatic carbocycles. The lowest BCUT2D eigenvalue weighted by molar-refractivity contribution is 0.0549. The summed E-state index contributed by atoms with van der Waals surface area (Å²) in [6.45, 7) is 1.95. The van der Waals surface area contributed by atoms with E-state index in [0.29, 0.717) is 6.54 Å². The molecule has 0 aromatic heterocycles. The predicted octanol–water partition coefficient (Wildman–Crippen LogP) is 1.17. The van der Waals surface area contributed by atoms with Crippen molar-refractivity contribution in [2.45, 2.75) is 19.1 Å². The van der Waals surface area contributed by atoms with E-state index in [-0.39, 0.29) is 6.61 Å². The third-order valence-electron chi connectivity index (χ3n) is 3.29. The molecule has 0 spiro atoms. The van der Waals surface area contributed by atoms with Gasteiger partial charge in [-0.15, -0.1) is 0 Å². The van der Waals surface area contributed by atoms with Crippen LogP contribution in [-0.4, -0.2) is 48.0 Å². The van der Waals surface area contributed by atoms with Gasteiger partial charge in [-0.05, 0) is 24.1 Å². The molecule has 0 aliphatic carbocycles. The third kappa shape index (κ3) is 2.85. The second-order valence-electron chi connectivity index (χ2n) is 4.53. The van der Waals surface area contributed by atoms with Crippen molar-refractivity contribution in [3.8, 4) is 5.75 Å². The highest BCUT2D eigenvalue weighted by Gasteiger charge is 2.22. The molecule has 0 radical (unpaired) electrons. The Morgan fingerprint density at radius 3 is 2.89 bits per heavy atom. The zero-order valence-electron chi connectivity index (χ0n) is 10.4. The number of nitrogens with zero attached hydrogens (tertiary/aromatic N) is 1. The second-order valence-corrected chi connectivity index (χ2v) is 5.38. The molecule has 2 rings (SSSR count). The number of aliphatic hydroxyl groups is 2. The molecular formula is C13H18BrNO3. The molecular weight excluding hydrogens is 298 g/mol. The van der Waals surface area contributed by atoms with Crippen LogP contribution in [0.15, 0.2) is 16.6 Å².